The third kappa shape index (κ3) is 3.42. The van der Waals surface area contributed by atoms with Crippen LogP contribution in [0.3, 0.4) is 0 Å². The molecule has 4 aromatic rings. The molecule has 4 rings (SSSR count). The summed E-state index contributed by atoms with van der Waals surface area (Å²) in [7, 11) is 1.80. The molecule has 0 spiro atoms. The van der Waals surface area contributed by atoms with E-state index < -0.39 is 0 Å². The predicted octanol–water partition coefficient (Wildman–Crippen LogP) is 3.95. The van der Waals surface area contributed by atoms with Gasteiger partial charge in [0.25, 0.3) is 0 Å². The maximum atomic E-state index is 12.1. The average molecular weight is 373 g/mol. The molecule has 3 heterocycles. The van der Waals surface area contributed by atoms with Gasteiger partial charge in [0.05, 0.1) is 17.8 Å². The largest absolute Gasteiger partial charge is 0.461 e. The molecule has 0 saturated carbocycles. The second-order valence-electron chi connectivity index (χ2n) is 6.23. The molecule has 0 aliphatic carbocycles. The second-order valence-corrected chi connectivity index (χ2v) is 6.23. The first-order valence-electron chi connectivity index (χ1n) is 8.93. The van der Waals surface area contributed by atoms with E-state index >= 15 is 0 Å². The predicted molar refractivity (Wildman–Crippen MR) is 107 cm³/mol. The normalized spacial score (nSPS) is 10.8. The van der Waals surface area contributed by atoms with Crippen LogP contribution in [-0.2, 0) is 11.8 Å². The fraction of sp³-hybridized carbons (Fsp3) is 0.143. The zero-order valence-corrected chi connectivity index (χ0v) is 15.6. The summed E-state index contributed by atoms with van der Waals surface area (Å²) in [5.41, 5.74) is 2.86. The van der Waals surface area contributed by atoms with E-state index in [4.69, 9.17) is 9.72 Å². The SMILES string of the molecule is CCOC(=O)c1cc(Nc2nc(-c3cccnc3)nc3ccccc23)cn1C. The van der Waals surface area contributed by atoms with Crippen molar-refractivity contribution in [1.82, 2.24) is 19.5 Å². The van der Waals surface area contributed by atoms with Crippen LogP contribution in [0.2, 0.25) is 0 Å². The number of anilines is 2. The first-order chi connectivity index (χ1) is 13.7. The number of rotatable bonds is 5. The van der Waals surface area contributed by atoms with Gasteiger partial charge in [-0.3, -0.25) is 4.98 Å². The zero-order valence-electron chi connectivity index (χ0n) is 15.6. The number of aryl methyl sites for hydroxylation is 1. The highest BCUT2D eigenvalue weighted by Crippen LogP contribution is 2.27. The van der Waals surface area contributed by atoms with Crippen LogP contribution in [-0.4, -0.2) is 32.1 Å². The van der Waals surface area contributed by atoms with E-state index in [0.29, 0.717) is 23.9 Å². The molecule has 7 heteroatoms. The molecular weight excluding hydrogens is 354 g/mol. The van der Waals surface area contributed by atoms with Gasteiger partial charge >= 0.3 is 5.97 Å². The second kappa shape index (κ2) is 7.48. The van der Waals surface area contributed by atoms with Gasteiger partial charge in [0.2, 0.25) is 0 Å². The van der Waals surface area contributed by atoms with E-state index in [2.05, 4.69) is 15.3 Å². The maximum Gasteiger partial charge on any atom is 0.355 e. The molecule has 1 aromatic carbocycles. The average Bonchev–Trinajstić information content (AvgIpc) is 3.09. The minimum Gasteiger partial charge on any atom is -0.461 e. The van der Waals surface area contributed by atoms with Crippen LogP contribution in [0.25, 0.3) is 22.3 Å². The lowest BCUT2D eigenvalue weighted by Gasteiger charge is -2.09. The molecule has 0 bridgehead atoms. The van der Waals surface area contributed by atoms with Crippen molar-refractivity contribution >= 4 is 28.4 Å². The molecule has 0 aliphatic heterocycles. The summed E-state index contributed by atoms with van der Waals surface area (Å²) < 4.78 is 6.83. The van der Waals surface area contributed by atoms with E-state index in [-0.39, 0.29) is 5.97 Å². The smallest absolute Gasteiger partial charge is 0.355 e. The van der Waals surface area contributed by atoms with Crippen LogP contribution in [0, 0.1) is 0 Å². The Morgan fingerprint density at radius 2 is 2.04 bits per heavy atom. The van der Waals surface area contributed by atoms with Crippen molar-refractivity contribution in [1.29, 1.82) is 0 Å². The molecule has 140 valence electrons. The lowest BCUT2D eigenvalue weighted by Crippen LogP contribution is -2.08. The van der Waals surface area contributed by atoms with E-state index in [1.807, 2.05) is 42.6 Å². The Hall–Kier alpha value is -3.74. The Morgan fingerprint density at radius 1 is 1.18 bits per heavy atom. The fourth-order valence-electron chi connectivity index (χ4n) is 2.97. The van der Waals surface area contributed by atoms with Gasteiger partial charge in [0, 0.05) is 36.6 Å². The van der Waals surface area contributed by atoms with Crippen LogP contribution in [0.15, 0.2) is 61.1 Å². The van der Waals surface area contributed by atoms with Crippen LogP contribution in [0.5, 0.6) is 0 Å². The van der Waals surface area contributed by atoms with Crippen molar-refractivity contribution in [2.75, 3.05) is 11.9 Å². The molecule has 0 unspecified atom stereocenters. The van der Waals surface area contributed by atoms with Crippen molar-refractivity contribution in [2.24, 2.45) is 7.05 Å². The van der Waals surface area contributed by atoms with Crippen molar-refractivity contribution < 1.29 is 9.53 Å². The van der Waals surface area contributed by atoms with E-state index in [0.717, 1.165) is 22.2 Å². The van der Waals surface area contributed by atoms with E-state index in [1.165, 1.54) is 0 Å². The van der Waals surface area contributed by atoms with Gasteiger partial charge in [-0.15, -0.1) is 0 Å². The standard InChI is InChI=1S/C21H19N5O2/c1-3-28-21(27)18-11-15(13-26(18)2)23-20-16-8-4-5-9-17(16)24-19(25-20)14-7-6-10-22-12-14/h4-13H,3H2,1-2H3,(H,23,24,25). The van der Waals surface area contributed by atoms with Crippen molar-refractivity contribution in [2.45, 2.75) is 6.92 Å². The van der Waals surface area contributed by atoms with Gasteiger partial charge in [0.1, 0.15) is 11.5 Å². The molecular formula is C21H19N5O2. The monoisotopic (exact) mass is 373 g/mol. The Balaban J connectivity index is 1.76. The Labute approximate surface area is 162 Å². The molecule has 0 saturated heterocycles. The number of hydrogen-bond acceptors (Lipinski definition) is 6. The highest BCUT2D eigenvalue weighted by molar-refractivity contribution is 5.93. The summed E-state index contributed by atoms with van der Waals surface area (Å²) in [4.78, 5) is 25.6. The number of esters is 1. The fourth-order valence-corrected chi connectivity index (χ4v) is 2.97. The number of benzene rings is 1. The first kappa shape index (κ1) is 17.7. The summed E-state index contributed by atoms with van der Waals surface area (Å²) in [6.45, 7) is 2.12. The number of hydrogen-bond donors (Lipinski definition) is 1. The topological polar surface area (TPSA) is 81.9 Å². The highest BCUT2D eigenvalue weighted by Gasteiger charge is 2.15. The van der Waals surface area contributed by atoms with Crippen LogP contribution < -0.4 is 5.32 Å². The maximum absolute atomic E-state index is 12.1. The van der Waals surface area contributed by atoms with Gasteiger partial charge in [-0.2, -0.15) is 0 Å². The quantitative estimate of drug-likeness (QED) is 0.534. The van der Waals surface area contributed by atoms with E-state index in [9.17, 15) is 4.79 Å². The molecule has 0 amide bonds. The summed E-state index contributed by atoms with van der Waals surface area (Å²) in [6.07, 6.45) is 5.27. The summed E-state index contributed by atoms with van der Waals surface area (Å²) in [5.74, 6) is 0.878. The Morgan fingerprint density at radius 3 is 2.82 bits per heavy atom. The molecule has 0 radical (unpaired) electrons. The Bertz CT molecular complexity index is 1140. The summed E-state index contributed by atoms with van der Waals surface area (Å²) in [6, 6.07) is 13.3. The number of pyridine rings is 1. The molecule has 28 heavy (non-hydrogen) atoms. The number of aromatic nitrogens is 4. The van der Waals surface area contributed by atoms with Gasteiger partial charge in [-0.1, -0.05) is 12.1 Å². The third-order valence-electron chi connectivity index (χ3n) is 4.28. The van der Waals surface area contributed by atoms with Crippen molar-refractivity contribution in [3.63, 3.8) is 0 Å². The van der Waals surface area contributed by atoms with Crippen LogP contribution in [0.1, 0.15) is 17.4 Å². The van der Waals surface area contributed by atoms with Gasteiger partial charge in [0.15, 0.2) is 5.82 Å². The number of carbonyl (C=O) groups excluding carboxylic acids is 1. The summed E-state index contributed by atoms with van der Waals surface area (Å²) >= 11 is 0. The molecule has 7 nitrogen and oxygen atoms in total. The van der Waals surface area contributed by atoms with E-state index in [1.54, 1.807) is 37.0 Å². The number of ether oxygens (including phenoxy) is 1. The highest BCUT2D eigenvalue weighted by atomic mass is 16.5. The Kier molecular flexibility index (Phi) is 4.72. The number of para-hydroxylation sites is 1. The van der Waals surface area contributed by atoms with Crippen molar-refractivity contribution in [3.8, 4) is 11.4 Å². The minimum absolute atomic E-state index is 0.331. The number of fused-ring (bicyclic) bond motifs is 1. The lowest BCUT2D eigenvalue weighted by atomic mass is 10.2. The molecule has 0 aliphatic rings. The zero-order chi connectivity index (χ0) is 19.5. The first-order valence-corrected chi connectivity index (χ1v) is 8.93. The number of carbonyl (C=O) groups is 1. The number of nitrogens with one attached hydrogen (secondary N) is 1. The lowest BCUT2D eigenvalue weighted by molar-refractivity contribution is 0.0515. The molecule has 1 N–H and O–H groups in total. The molecule has 0 fully saturated rings. The van der Waals surface area contributed by atoms with Crippen molar-refractivity contribution in [3.05, 3.63) is 66.7 Å². The summed E-state index contributed by atoms with van der Waals surface area (Å²) in [5, 5.41) is 4.20. The third-order valence-corrected chi connectivity index (χ3v) is 4.28. The van der Waals surface area contributed by atoms with Gasteiger partial charge in [-0.25, -0.2) is 14.8 Å². The van der Waals surface area contributed by atoms with Crippen LogP contribution in [0.4, 0.5) is 11.5 Å². The molecule has 3 aromatic heterocycles. The van der Waals surface area contributed by atoms with Gasteiger partial charge < -0.3 is 14.6 Å². The van der Waals surface area contributed by atoms with Crippen LogP contribution >= 0.6 is 0 Å². The van der Waals surface area contributed by atoms with Gasteiger partial charge in [-0.05, 0) is 37.3 Å². The minimum atomic E-state index is -0.360. The molecule has 0 atom stereocenters. The number of nitrogens with zero attached hydrogens (tertiary/aromatic N) is 4.